The molecule has 6 nitrogen and oxygen atoms in total. The predicted molar refractivity (Wildman–Crippen MR) is 108 cm³/mol. The third-order valence-electron chi connectivity index (χ3n) is 5.25. The molecule has 0 spiro atoms. The molecular weight excluding hydrogens is 352 g/mol. The summed E-state index contributed by atoms with van der Waals surface area (Å²) in [6.45, 7) is 1.33. The van der Waals surface area contributed by atoms with E-state index in [1.807, 2.05) is 41.3 Å². The molecule has 2 heterocycles. The molecule has 0 aliphatic heterocycles. The van der Waals surface area contributed by atoms with Crippen molar-refractivity contribution in [3.8, 4) is 11.6 Å². The highest BCUT2D eigenvalue weighted by Gasteiger charge is 2.24. The lowest BCUT2D eigenvalue weighted by atomic mass is 9.92. The fourth-order valence-electron chi connectivity index (χ4n) is 3.90. The molecule has 1 aliphatic rings. The van der Waals surface area contributed by atoms with E-state index >= 15 is 0 Å². The van der Waals surface area contributed by atoms with E-state index < -0.39 is 0 Å². The molecular formula is C22H26N4O2. The van der Waals surface area contributed by atoms with Gasteiger partial charge in [0.1, 0.15) is 5.75 Å². The highest BCUT2D eigenvalue weighted by molar-refractivity contribution is 5.37. The van der Waals surface area contributed by atoms with Gasteiger partial charge in [-0.1, -0.05) is 12.1 Å². The van der Waals surface area contributed by atoms with Crippen molar-refractivity contribution in [1.29, 1.82) is 0 Å². The molecule has 4 rings (SSSR count). The van der Waals surface area contributed by atoms with Crippen LogP contribution in [-0.2, 0) is 24.3 Å². The lowest BCUT2D eigenvalue weighted by Crippen LogP contribution is -2.25. The summed E-state index contributed by atoms with van der Waals surface area (Å²) >= 11 is 0. The molecule has 146 valence electrons. The third kappa shape index (κ3) is 3.79. The second-order valence-corrected chi connectivity index (χ2v) is 7.05. The zero-order valence-electron chi connectivity index (χ0n) is 16.4. The Kier molecular flexibility index (Phi) is 5.69. The van der Waals surface area contributed by atoms with Gasteiger partial charge < -0.3 is 14.8 Å². The van der Waals surface area contributed by atoms with Gasteiger partial charge in [-0.2, -0.15) is 5.10 Å². The summed E-state index contributed by atoms with van der Waals surface area (Å²) in [5.74, 6) is 1.74. The second-order valence-electron chi connectivity index (χ2n) is 7.05. The Morgan fingerprint density at radius 3 is 2.93 bits per heavy atom. The summed E-state index contributed by atoms with van der Waals surface area (Å²) in [6.07, 6.45) is 7.09. The summed E-state index contributed by atoms with van der Waals surface area (Å²) < 4.78 is 12.7. The quantitative estimate of drug-likeness (QED) is 0.681. The second kappa shape index (κ2) is 8.54. The van der Waals surface area contributed by atoms with Gasteiger partial charge in [-0.05, 0) is 49.1 Å². The normalized spacial score (nSPS) is 16.0. The van der Waals surface area contributed by atoms with E-state index in [1.165, 1.54) is 16.8 Å². The SMILES string of the molecule is COCc1cc(CN[C@@H]2CCCc3c2cnn3-c2ccccn2)ccc1OC. The Morgan fingerprint density at radius 1 is 1.21 bits per heavy atom. The molecule has 0 bridgehead atoms. The standard InChI is InChI=1S/C22H26N4O2/c1-27-15-17-12-16(9-10-21(17)28-2)13-24-19-6-5-7-20-18(19)14-25-26(20)22-8-3-4-11-23-22/h3-4,8-12,14,19,24H,5-7,13,15H2,1-2H3/t19-/m1/s1. The van der Waals surface area contributed by atoms with Crippen LogP contribution in [0.5, 0.6) is 5.75 Å². The zero-order chi connectivity index (χ0) is 19.3. The van der Waals surface area contributed by atoms with Gasteiger partial charge in [-0.3, -0.25) is 0 Å². The number of nitrogens with one attached hydrogen (secondary N) is 1. The van der Waals surface area contributed by atoms with Crippen molar-refractivity contribution in [2.24, 2.45) is 0 Å². The average molecular weight is 378 g/mol. The highest BCUT2D eigenvalue weighted by Crippen LogP contribution is 2.31. The minimum Gasteiger partial charge on any atom is -0.496 e. The molecule has 1 N–H and O–H groups in total. The number of aromatic nitrogens is 3. The topological polar surface area (TPSA) is 61.2 Å². The van der Waals surface area contributed by atoms with E-state index in [2.05, 4.69) is 27.5 Å². The fourth-order valence-corrected chi connectivity index (χ4v) is 3.90. The van der Waals surface area contributed by atoms with Crippen LogP contribution in [0.1, 0.15) is 41.3 Å². The summed E-state index contributed by atoms with van der Waals surface area (Å²) in [6, 6.07) is 12.5. The molecule has 1 atom stereocenters. The maximum atomic E-state index is 5.42. The van der Waals surface area contributed by atoms with Gasteiger partial charge in [0.25, 0.3) is 0 Å². The maximum absolute atomic E-state index is 5.42. The first-order valence-electron chi connectivity index (χ1n) is 9.66. The van der Waals surface area contributed by atoms with Crippen molar-refractivity contribution in [2.75, 3.05) is 14.2 Å². The largest absolute Gasteiger partial charge is 0.496 e. The van der Waals surface area contributed by atoms with Crippen molar-refractivity contribution < 1.29 is 9.47 Å². The maximum Gasteiger partial charge on any atom is 0.153 e. The molecule has 6 heteroatoms. The first-order chi connectivity index (χ1) is 13.8. The van der Waals surface area contributed by atoms with Crippen LogP contribution in [0, 0.1) is 0 Å². The minimum absolute atomic E-state index is 0.300. The van der Waals surface area contributed by atoms with Crippen LogP contribution in [0.3, 0.4) is 0 Å². The average Bonchev–Trinajstić information content (AvgIpc) is 3.18. The lowest BCUT2D eigenvalue weighted by Gasteiger charge is -2.24. The Bertz CT molecular complexity index is 924. The van der Waals surface area contributed by atoms with Crippen molar-refractivity contribution in [2.45, 2.75) is 38.5 Å². The molecule has 1 aromatic carbocycles. The van der Waals surface area contributed by atoms with Crippen molar-refractivity contribution in [3.63, 3.8) is 0 Å². The minimum atomic E-state index is 0.300. The fraction of sp³-hybridized carbons (Fsp3) is 0.364. The van der Waals surface area contributed by atoms with Crippen molar-refractivity contribution >= 4 is 0 Å². The lowest BCUT2D eigenvalue weighted by molar-refractivity contribution is 0.181. The van der Waals surface area contributed by atoms with Gasteiger partial charge in [-0.25, -0.2) is 9.67 Å². The van der Waals surface area contributed by atoms with Crippen LogP contribution in [0.4, 0.5) is 0 Å². The molecule has 0 fully saturated rings. The number of nitrogens with zero attached hydrogens (tertiary/aromatic N) is 3. The van der Waals surface area contributed by atoms with Gasteiger partial charge in [0, 0.05) is 37.0 Å². The van der Waals surface area contributed by atoms with Crippen LogP contribution in [0.2, 0.25) is 0 Å². The number of methoxy groups -OCH3 is 2. The van der Waals surface area contributed by atoms with E-state index in [1.54, 1.807) is 14.2 Å². The Labute approximate surface area is 165 Å². The van der Waals surface area contributed by atoms with Crippen LogP contribution in [0.15, 0.2) is 48.8 Å². The third-order valence-corrected chi connectivity index (χ3v) is 5.25. The number of hydrogen-bond donors (Lipinski definition) is 1. The molecule has 0 unspecified atom stereocenters. The van der Waals surface area contributed by atoms with Gasteiger partial charge in [0.15, 0.2) is 5.82 Å². The van der Waals surface area contributed by atoms with Crippen LogP contribution >= 0.6 is 0 Å². The molecule has 0 radical (unpaired) electrons. The van der Waals surface area contributed by atoms with Gasteiger partial charge in [-0.15, -0.1) is 0 Å². The van der Waals surface area contributed by atoms with Gasteiger partial charge in [0.05, 0.1) is 25.6 Å². The highest BCUT2D eigenvalue weighted by atomic mass is 16.5. The van der Waals surface area contributed by atoms with E-state index in [-0.39, 0.29) is 0 Å². The summed E-state index contributed by atoms with van der Waals surface area (Å²) in [5.41, 5.74) is 4.83. The van der Waals surface area contributed by atoms with E-state index in [0.29, 0.717) is 12.6 Å². The van der Waals surface area contributed by atoms with E-state index in [4.69, 9.17) is 9.47 Å². The molecule has 3 aromatic rings. The molecule has 0 amide bonds. The number of rotatable bonds is 7. The number of hydrogen-bond acceptors (Lipinski definition) is 5. The number of benzene rings is 1. The predicted octanol–water partition coefficient (Wildman–Crippen LogP) is 3.59. The monoisotopic (exact) mass is 378 g/mol. The molecule has 2 aromatic heterocycles. The number of ether oxygens (including phenoxy) is 2. The van der Waals surface area contributed by atoms with Crippen LogP contribution < -0.4 is 10.1 Å². The van der Waals surface area contributed by atoms with Gasteiger partial charge in [0.2, 0.25) is 0 Å². The summed E-state index contributed by atoms with van der Waals surface area (Å²) in [5, 5.41) is 8.33. The summed E-state index contributed by atoms with van der Waals surface area (Å²) in [7, 11) is 3.39. The Morgan fingerprint density at radius 2 is 2.14 bits per heavy atom. The number of pyridine rings is 1. The number of fused-ring (bicyclic) bond motifs is 1. The van der Waals surface area contributed by atoms with E-state index in [0.717, 1.165) is 42.9 Å². The van der Waals surface area contributed by atoms with Crippen molar-refractivity contribution in [1.82, 2.24) is 20.1 Å². The molecule has 1 aliphatic carbocycles. The van der Waals surface area contributed by atoms with Gasteiger partial charge >= 0.3 is 0 Å². The van der Waals surface area contributed by atoms with Crippen molar-refractivity contribution in [3.05, 3.63) is 71.2 Å². The molecule has 0 saturated carbocycles. The molecule has 0 saturated heterocycles. The Balaban J connectivity index is 1.51. The zero-order valence-corrected chi connectivity index (χ0v) is 16.4. The summed E-state index contributed by atoms with van der Waals surface area (Å²) in [4.78, 5) is 4.45. The molecule has 28 heavy (non-hydrogen) atoms. The smallest absolute Gasteiger partial charge is 0.153 e. The Hall–Kier alpha value is -2.70. The first kappa shape index (κ1) is 18.7. The van der Waals surface area contributed by atoms with Crippen LogP contribution in [0.25, 0.3) is 5.82 Å². The van der Waals surface area contributed by atoms with E-state index in [9.17, 15) is 0 Å². The van der Waals surface area contributed by atoms with Crippen LogP contribution in [-0.4, -0.2) is 29.0 Å². The first-order valence-corrected chi connectivity index (χ1v) is 9.66.